The minimum absolute atomic E-state index is 0. The topological polar surface area (TPSA) is 0 Å². The van der Waals surface area contributed by atoms with E-state index in [0.717, 1.165) is 11.3 Å². The van der Waals surface area contributed by atoms with Crippen LogP contribution in [-0.2, 0) is 31.0 Å². The van der Waals surface area contributed by atoms with Crippen molar-refractivity contribution in [2.45, 2.75) is 62.7 Å². The van der Waals surface area contributed by atoms with Gasteiger partial charge in [-0.1, -0.05) is 147 Å². The first kappa shape index (κ1) is 34.4. The van der Waals surface area contributed by atoms with Gasteiger partial charge in [0, 0.05) is 17.1 Å². The van der Waals surface area contributed by atoms with Gasteiger partial charge in [-0.05, 0) is 74.1 Å². The average Bonchev–Trinajstić information content (AvgIpc) is 3.72. The first-order valence-electron chi connectivity index (χ1n) is 13.9. The van der Waals surface area contributed by atoms with Gasteiger partial charge in [0.15, 0.2) is 0 Å². The molecule has 0 spiro atoms. The first-order chi connectivity index (χ1) is 19.3. The Labute approximate surface area is 276 Å². The molecular formula is C34H38Br2FeP2Pd. The molecule has 0 atom stereocenters. The van der Waals surface area contributed by atoms with Crippen molar-refractivity contribution in [1.29, 1.82) is 0 Å². The van der Waals surface area contributed by atoms with Crippen LogP contribution in [0.4, 0.5) is 0 Å². The number of benzene rings is 4. The van der Waals surface area contributed by atoms with Gasteiger partial charge in [0.25, 0.3) is 0 Å². The number of hydrogen-bond donors (Lipinski definition) is 0. The monoisotopic (exact) mass is 828 g/mol. The van der Waals surface area contributed by atoms with Crippen LogP contribution in [-0.4, -0.2) is 11.3 Å². The molecule has 0 heterocycles. The van der Waals surface area contributed by atoms with Gasteiger partial charge in [-0.25, -0.2) is 0 Å². The van der Waals surface area contributed by atoms with E-state index in [4.69, 9.17) is 0 Å². The predicted molar refractivity (Wildman–Crippen MR) is 181 cm³/mol. The second kappa shape index (κ2) is 20.0. The van der Waals surface area contributed by atoms with Crippen molar-refractivity contribution in [3.05, 3.63) is 121 Å². The van der Waals surface area contributed by atoms with Crippen LogP contribution in [0.25, 0.3) is 0 Å². The summed E-state index contributed by atoms with van der Waals surface area (Å²) < 4.78 is 0. The molecule has 2 saturated carbocycles. The molecule has 2 aliphatic carbocycles. The molecule has 0 N–H and O–H groups in total. The molecule has 0 nitrogen and oxygen atoms in total. The Hall–Kier alpha value is -0.118. The fraction of sp³-hybridized carbons (Fsp3) is 0.294. The summed E-state index contributed by atoms with van der Waals surface area (Å²) >= 11 is 6.80. The summed E-state index contributed by atoms with van der Waals surface area (Å²) in [6.07, 6.45) is 11.3. The fourth-order valence-electron chi connectivity index (χ4n) is 5.82. The molecule has 0 amide bonds. The van der Waals surface area contributed by atoms with Crippen molar-refractivity contribution in [2.24, 2.45) is 0 Å². The van der Waals surface area contributed by atoms with Crippen LogP contribution < -0.4 is 21.2 Å². The van der Waals surface area contributed by atoms with E-state index in [-0.39, 0.29) is 32.9 Å². The fourth-order valence-corrected chi connectivity index (χ4v) is 11.8. The molecule has 2 aliphatic rings. The molecule has 4 aromatic carbocycles. The Kier molecular flexibility index (Phi) is 17.1. The molecule has 216 valence electrons. The summed E-state index contributed by atoms with van der Waals surface area (Å²) in [6, 6.07) is 44.5. The van der Waals surface area contributed by atoms with Crippen LogP contribution in [0.2, 0.25) is 0 Å². The van der Waals surface area contributed by atoms with Crippen molar-refractivity contribution in [1.82, 2.24) is 0 Å². The van der Waals surface area contributed by atoms with Crippen molar-refractivity contribution < 1.29 is 31.0 Å². The maximum Gasteiger partial charge on any atom is 0 e. The SMILES string of the molecule is [Br][Pd][Br].[Fe].c1ccc(P(c2ccccc2)C2CCCC2)cc1.c1ccc(P(c2ccccc2)C2CCCC2)cc1. The minimum atomic E-state index is -0.152. The second-order valence-electron chi connectivity index (χ2n) is 10.0. The summed E-state index contributed by atoms with van der Waals surface area (Å²) in [4.78, 5) is 0. The summed E-state index contributed by atoms with van der Waals surface area (Å²) in [5.41, 5.74) is 1.79. The van der Waals surface area contributed by atoms with Crippen molar-refractivity contribution in [2.75, 3.05) is 0 Å². The van der Waals surface area contributed by atoms with Crippen molar-refractivity contribution in [3.8, 4) is 0 Å². The summed E-state index contributed by atoms with van der Waals surface area (Å²) in [6.45, 7) is 0. The molecule has 0 saturated heterocycles. The summed E-state index contributed by atoms with van der Waals surface area (Å²) in [5, 5.41) is 6.19. The second-order valence-corrected chi connectivity index (χ2v) is 22.2. The van der Waals surface area contributed by atoms with Crippen LogP contribution in [0.5, 0.6) is 0 Å². The van der Waals surface area contributed by atoms with Crippen LogP contribution in [0.3, 0.4) is 0 Å². The third kappa shape index (κ3) is 10.6. The van der Waals surface area contributed by atoms with Crippen LogP contribution >= 0.6 is 42.7 Å². The van der Waals surface area contributed by atoms with Gasteiger partial charge >= 0.3 is 40.8 Å². The normalized spacial score (nSPS) is 15.2. The predicted octanol–water partition coefficient (Wildman–Crippen LogP) is 9.81. The third-order valence-electron chi connectivity index (χ3n) is 7.52. The van der Waals surface area contributed by atoms with Gasteiger partial charge in [0.2, 0.25) is 0 Å². The van der Waals surface area contributed by atoms with Crippen LogP contribution in [0, 0.1) is 0 Å². The maximum atomic E-state index is 3.11. The van der Waals surface area contributed by atoms with Crippen molar-refractivity contribution in [3.63, 3.8) is 0 Å². The van der Waals surface area contributed by atoms with Gasteiger partial charge < -0.3 is 0 Å². The Morgan fingerprint density at radius 2 is 0.625 bits per heavy atom. The van der Waals surface area contributed by atoms with Gasteiger partial charge in [-0.2, -0.15) is 0 Å². The zero-order valence-electron chi connectivity index (χ0n) is 22.7. The molecule has 6 rings (SSSR count). The molecule has 40 heavy (non-hydrogen) atoms. The standard InChI is InChI=1S/2C17H19P.2BrH.Fe.Pd/c2*1-3-9-15(10-4-1)18(17-13-7-8-14-17)16-11-5-2-6-12-16;;;;/h2*1-6,9-12,17H,7-8,13-14H2;2*1H;;/q;;;;;+2/p-2. The van der Waals surface area contributed by atoms with Crippen LogP contribution in [0.15, 0.2) is 121 Å². The Morgan fingerprint density at radius 3 is 0.825 bits per heavy atom. The Balaban J connectivity index is 0.000000197. The maximum absolute atomic E-state index is 3.11. The van der Waals surface area contributed by atoms with Gasteiger partial charge in [-0.15, -0.1) is 0 Å². The van der Waals surface area contributed by atoms with Crippen LogP contribution in [0.1, 0.15) is 51.4 Å². The van der Waals surface area contributed by atoms with Gasteiger partial charge in [0.1, 0.15) is 0 Å². The summed E-state index contributed by atoms with van der Waals surface area (Å²) in [7, 11) is -0.304. The zero-order valence-corrected chi connectivity index (χ0v) is 30.3. The van der Waals surface area contributed by atoms with E-state index in [9.17, 15) is 0 Å². The van der Waals surface area contributed by atoms with Gasteiger partial charge in [0.05, 0.1) is 0 Å². The molecular weight excluding hydrogens is 792 g/mol. The molecule has 0 unspecified atom stereocenters. The third-order valence-corrected chi connectivity index (χ3v) is 13.4. The molecule has 2 fully saturated rings. The largest absolute Gasteiger partial charge is 0.0622 e. The van der Waals surface area contributed by atoms with E-state index in [1.807, 2.05) is 0 Å². The Bertz CT molecular complexity index is 1000. The molecule has 0 radical (unpaired) electrons. The number of rotatable bonds is 6. The summed E-state index contributed by atoms with van der Waals surface area (Å²) in [5.74, 6) is 0. The van der Waals surface area contributed by atoms with E-state index in [1.165, 1.54) is 51.4 Å². The molecule has 0 aromatic heterocycles. The zero-order chi connectivity index (χ0) is 27.1. The van der Waals surface area contributed by atoms with E-state index < -0.39 is 0 Å². The molecule has 0 bridgehead atoms. The average molecular weight is 831 g/mol. The number of hydrogen-bond acceptors (Lipinski definition) is 0. The smallest absolute Gasteiger partial charge is 0 e. The number of halogens is 2. The quantitative estimate of drug-likeness (QED) is 0.134. The molecule has 4 aromatic rings. The van der Waals surface area contributed by atoms with Crippen molar-refractivity contribution >= 4 is 63.9 Å². The molecule has 0 aliphatic heterocycles. The molecule has 6 heteroatoms. The van der Waals surface area contributed by atoms with E-state index in [0.29, 0.717) is 13.9 Å². The van der Waals surface area contributed by atoms with E-state index >= 15 is 0 Å². The van der Waals surface area contributed by atoms with E-state index in [2.05, 4.69) is 148 Å². The Morgan fingerprint density at radius 1 is 0.425 bits per heavy atom. The van der Waals surface area contributed by atoms with E-state index in [1.54, 1.807) is 21.2 Å². The first-order valence-corrected chi connectivity index (χ1v) is 23.9. The minimum Gasteiger partial charge on any atom is -0.0622 e. The van der Waals surface area contributed by atoms with Gasteiger partial charge in [-0.3, -0.25) is 0 Å².